The highest BCUT2D eigenvalue weighted by Crippen LogP contribution is 2.37. The molecule has 3 aliphatic rings. The minimum atomic E-state index is -0.435. The van der Waals surface area contributed by atoms with E-state index in [9.17, 15) is 14.4 Å². The molecule has 0 aromatic carbocycles. The summed E-state index contributed by atoms with van der Waals surface area (Å²) in [6, 6.07) is 8.58. The zero-order valence-electron chi connectivity index (χ0n) is 20.9. The third-order valence-electron chi connectivity index (χ3n) is 7.28. The van der Waals surface area contributed by atoms with Crippen molar-refractivity contribution in [3.8, 4) is 11.5 Å². The summed E-state index contributed by atoms with van der Waals surface area (Å²) < 4.78 is 18.1. The molecule has 0 bridgehead atoms. The quantitative estimate of drug-likeness (QED) is 0.449. The van der Waals surface area contributed by atoms with Crippen LogP contribution in [0.5, 0.6) is 11.5 Å². The van der Waals surface area contributed by atoms with E-state index in [1.165, 1.54) is 6.07 Å². The van der Waals surface area contributed by atoms with Crippen molar-refractivity contribution in [3.63, 3.8) is 0 Å². The normalized spacial score (nSPS) is 22.3. The average molecular weight is 521 g/mol. The molecular formula is C26H28N6O6. The lowest BCUT2D eigenvalue weighted by atomic mass is 9.88. The van der Waals surface area contributed by atoms with E-state index in [2.05, 4.69) is 20.6 Å². The lowest BCUT2D eigenvalue weighted by Gasteiger charge is -2.33. The van der Waals surface area contributed by atoms with Gasteiger partial charge in [-0.2, -0.15) is 0 Å². The lowest BCUT2D eigenvalue weighted by Crippen LogP contribution is -2.46. The van der Waals surface area contributed by atoms with Gasteiger partial charge in [0.15, 0.2) is 18.2 Å². The molecule has 0 unspecified atom stereocenters. The Labute approximate surface area is 217 Å². The predicted molar refractivity (Wildman–Crippen MR) is 138 cm³/mol. The second-order valence-corrected chi connectivity index (χ2v) is 9.63. The van der Waals surface area contributed by atoms with E-state index in [1.54, 1.807) is 41.0 Å². The molecular weight excluding hydrogens is 492 g/mol. The minimum Gasteiger partial charge on any atom is -0.495 e. The summed E-state index contributed by atoms with van der Waals surface area (Å²) in [4.78, 5) is 47.3. The Bertz CT molecular complexity index is 1460. The molecule has 6 rings (SSSR count). The molecule has 2 aliphatic heterocycles. The van der Waals surface area contributed by atoms with Crippen molar-refractivity contribution in [3.05, 3.63) is 46.9 Å². The highest BCUT2D eigenvalue weighted by Gasteiger charge is 2.46. The molecule has 5 heterocycles. The number of nitrogens with zero attached hydrogens (tertiary/aromatic N) is 4. The van der Waals surface area contributed by atoms with Crippen molar-refractivity contribution in [2.75, 3.05) is 30.5 Å². The Hall–Kier alpha value is -4.19. The van der Waals surface area contributed by atoms with Crippen LogP contribution in [-0.4, -0.2) is 65.0 Å². The van der Waals surface area contributed by atoms with E-state index in [-0.39, 0.29) is 36.3 Å². The number of aromatic nitrogens is 3. The standard InChI is InChI=1S/C26H28N6O6/c1-36-16-12-19-17(28-13-16)4-8-24(34)31(19)10-2-9-27-15-3-5-18-21(11-15)38-26(35)32(18)22-7-6-20-25(29-22)30-23(33)14-37-20/h4,6-8,12-13,15,18,21,27H,2-3,5,9-11,14H2,1H3,(H,29,30,33)/t15-,18-,21-/m0/s1. The third-order valence-corrected chi connectivity index (χ3v) is 7.28. The number of carbonyl (C=O) groups is 2. The van der Waals surface area contributed by atoms with E-state index in [0.29, 0.717) is 42.6 Å². The molecule has 0 radical (unpaired) electrons. The fourth-order valence-electron chi connectivity index (χ4n) is 5.43. The number of fused-ring (bicyclic) bond motifs is 3. The zero-order chi connectivity index (χ0) is 26.2. The lowest BCUT2D eigenvalue weighted by molar-refractivity contribution is -0.118. The molecule has 2 fully saturated rings. The summed E-state index contributed by atoms with van der Waals surface area (Å²) in [5.74, 6) is 1.55. The molecule has 1 saturated carbocycles. The number of methoxy groups -OCH3 is 1. The van der Waals surface area contributed by atoms with E-state index in [4.69, 9.17) is 14.2 Å². The number of hydrogen-bond donors (Lipinski definition) is 2. The van der Waals surface area contributed by atoms with Gasteiger partial charge in [0.25, 0.3) is 11.5 Å². The average Bonchev–Trinajstić information content (AvgIpc) is 3.26. The van der Waals surface area contributed by atoms with Crippen LogP contribution >= 0.6 is 0 Å². The predicted octanol–water partition coefficient (Wildman–Crippen LogP) is 2.06. The molecule has 0 spiro atoms. The molecule has 12 heteroatoms. The van der Waals surface area contributed by atoms with E-state index < -0.39 is 6.09 Å². The first-order valence-electron chi connectivity index (χ1n) is 12.7. The number of amides is 2. The van der Waals surface area contributed by atoms with Gasteiger partial charge in [-0.3, -0.25) is 19.5 Å². The van der Waals surface area contributed by atoms with Crippen LogP contribution in [-0.2, 0) is 16.1 Å². The Morgan fingerprint density at radius 1 is 1.18 bits per heavy atom. The van der Waals surface area contributed by atoms with Crippen LogP contribution in [0.15, 0.2) is 41.3 Å². The fraction of sp³-hybridized carbons (Fsp3) is 0.423. The van der Waals surface area contributed by atoms with Gasteiger partial charge in [0.2, 0.25) is 0 Å². The molecule has 1 aliphatic carbocycles. The fourth-order valence-corrected chi connectivity index (χ4v) is 5.43. The van der Waals surface area contributed by atoms with Gasteiger partial charge >= 0.3 is 6.09 Å². The summed E-state index contributed by atoms with van der Waals surface area (Å²) in [6.45, 7) is 1.21. The maximum absolute atomic E-state index is 12.8. The van der Waals surface area contributed by atoms with Crippen molar-refractivity contribution in [2.24, 2.45) is 0 Å². The molecule has 3 atom stereocenters. The number of nitrogens with one attached hydrogen (secondary N) is 2. The van der Waals surface area contributed by atoms with E-state index >= 15 is 0 Å². The second kappa shape index (κ2) is 9.93. The summed E-state index contributed by atoms with van der Waals surface area (Å²) in [7, 11) is 1.57. The smallest absolute Gasteiger partial charge is 0.416 e. The van der Waals surface area contributed by atoms with Crippen molar-refractivity contribution in [1.29, 1.82) is 0 Å². The first-order chi connectivity index (χ1) is 18.5. The zero-order valence-corrected chi connectivity index (χ0v) is 20.9. The molecule has 2 amide bonds. The summed E-state index contributed by atoms with van der Waals surface area (Å²) in [6.07, 6.45) is 4.01. The van der Waals surface area contributed by atoms with Gasteiger partial charge in [0.05, 0.1) is 30.4 Å². The van der Waals surface area contributed by atoms with Crippen LogP contribution in [0.1, 0.15) is 25.7 Å². The van der Waals surface area contributed by atoms with E-state index in [1.807, 2.05) is 6.07 Å². The molecule has 198 valence electrons. The van der Waals surface area contributed by atoms with Crippen molar-refractivity contribution in [1.82, 2.24) is 19.9 Å². The van der Waals surface area contributed by atoms with Gasteiger partial charge in [-0.25, -0.2) is 9.78 Å². The summed E-state index contributed by atoms with van der Waals surface area (Å²) in [5, 5.41) is 6.25. The highest BCUT2D eigenvalue weighted by molar-refractivity contribution is 5.95. The third kappa shape index (κ3) is 4.51. The van der Waals surface area contributed by atoms with Crippen molar-refractivity contribution < 1.29 is 23.8 Å². The van der Waals surface area contributed by atoms with Crippen LogP contribution in [0.4, 0.5) is 16.4 Å². The first kappa shape index (κ1) is 24.2. The van der Waals surface area contributed by atoms with Gasteiger partial charge in [-0.15, -0.1) is 0 Å². The van der Waals surface area contributed by atoms with Gasteiger partial charge in [-0.05, 0) is 44.0 Å². The number of ether oxygens (including phenoxy) is 3. The monoisotopic (exact) mass is 520 g/mol. The Morgan fingerprint density at radius 3 is 2.95 bits per heavy atom. The topological polar surface area (TPSA) is 137 Å². The largest absolute Gasteiger partial charge is 0.495 e. The summed E-state index contributed by atoms with van der Waals surface area (Å²) >= 11 is 0. The first-order valence-corrected chi connectivity index (χ1v) is 12.7. The van der Waals surface area contributed by atoms with E-state index in [0.717, 1.165) is 30.3 Å². The molecule has 2 N–H and O–H groups in total. The van der Waals surface area contributed by atoms with Crippen molar-refractivity contribution >= 4 is 34.7 Å². The van der Waals surface area contributed by atoms with Crippen LogP contribution in [0.2, 0.25) is 0 Å². The number of pyridine rings is 3. The highest BCUT2D eigenvalue weighted by atomic mass is 16.6. The van der Waals surface area contributed by atoms with Crippen LogP contribution in [0.3, 0.4) is 0 Å². The molecule has 1 saturated heterocycles. The van der Waals surface area contributed by atoms with Gasteiger partial charge in [-0.1, -0.05) is 0 Å². The number of hydrogen-bond acceptors (Lipinski definition) is 9. The van der Waals surface area contributed by atoms with Crippen LogP contribution in [0, 0.1) is 0 Å². The molecule has 3 aromatic rings. The van der Waals surface area contributed by atoms with Gasteiger partial charge < -0.3 is 29.4 Å². The number of aryl methyl sites for hydroxylation is 1. The minimum absolute atomic E-state index is 0.0521. The number of carbonyl (C=O) groups excluding carboxylic acids is 2. The Kier molecular flexibility index (Phi) is 6.32. The maximum Gasteiger partial charge on any atom is 0.416 e. The number of anilines is 2. The SMILES string of the molecule is COc1cnc2ccc(=O)n(CCCN[C@H]3CC[C@H]4[C@H](C3)OC(=O)N4c3ccc4c(n3)NC(=O)CO4)c2c1. The van der Waals surface area contributed by atoms with Gasteiger partial charge in [0.1, 0.15) is 17.7 Å². The van der Waals surface area contributed by atoms with Gasteiger partial charge in [0, 0.05) is 31.1 Å². The molecule has 38 heavy (non-hydrogen) atoms. The van der Waals surface area contributed by atoms with Crippen LogP contribution in [0.25, 0.3) is 11.0 Å². The number of rotatable bonds is 7. The summed E-state index contributed by atoms with van der Waals surface area (Å²) in [5.41, 5.74) is 1.41. The Morgan fingerprint density at radius 2 is 2.08 bits per heavy atom. The van der Waals surface area contributed by atoms with Crippen molar-refractivity contribution in [2.45, 2.75) is 50.4 Å². The molecule has 3 aromatic heterocycles. The van der Waals surface area contributed by atoms with Crippen LogP contribution < -0.4 is 30.6 Å². The second-order valence-electron chi connectivity index (χ2n) is 9.63. The Balaban J connectivity index is 1.06. The maximum atomic E-state index is 12.8. The molecule has 12 nitrogen and oxygen atoms in total.